The molecule has 1 aliphatic heterocycles. The van der Waals surface area contributed by atoms with Crippen LogP contribution in [0.4, 0.5) is 4.79 Å². The molecule has 1 saturated heterocycles. The Bertz CT molecular complexity index is 956. The van der Waals surface area contributed by atoms with Crippen LogP contribution in [0.1, 0.15) is 36.8 Å². The molecule has 5 nitrogen and oxygen atoms in total. The first-order valence-corrected chi connectivity index (χ1v) is 11.2. The number of piperidine rings is 1. The van der Waals surface area contributed by atoms with Crippen molar-refractivity contribution in [2.45, 2.75) is 38.6 Å². The van der Waals surface area contributed by atoms with Crippen LogP contribution in [0.3, 0.4) is 0 Å². The number of ether oxygens (including phenoxy) is 2. The van der Waals surface area contributed by atoms with Crippen molar-refractivity contribution in [2.75, 3.05) is 26.8 Å². The second-order valence-corrected chi connectivity index (χ2v) is 8.28. The van der Waals surface area contributed by atoms with Gasteiger partial charge in [0.15, 0.2) is 0 Å². The van der Waals surface area contributed by atoms with Gasteiger partial charge in [0.2, 0.25) is 0 Å². The monoisotopic (exact) mass is 412 g/mol. The van der Waals surface area contributed by atoms with E-state index in [0.29, 0.717) is 12.5 Å². The third-order valence-electron chi connectivity index (χ3n) is 5.80. The highest BCUT2D eigenvalue weighted by atomic mass is 32.1. The molecule has 1 fully saturated rings. The maximum atomic E-state index is 12.0. The predicted molar refractivity (Wildman–Crippen MR) is 117 cm³/mol. The fourth-order valence-corrected chi connectivity index (χ4v) is 4.92. The molecule has 0 bridgehead atoms. The van der Waals surface area contributed by atoms with E-state index in [4.69, 9.17) is 9.47 Å². The fraction of sp³-hybridized carbons (Fsp3) is 0.435. The molecule has 0 radical (unpaired) electrons. The lowest BCUT2D eigenvalue weighted by Gasteiger charge is -2.31. The van der Waals surface area contributed by atoms with E-state index in [1.807, 2.05) is 17.9 Å². The van der Waals surface area contributed by atoms with E-state index in [9.17, 15) is 4.79 Å². The van der Waals surface area contributed by atoms with E-state index in [0.717, 1.165) is 44.6 Å². The first-order chi connectivity index (χ1) is 14.2. The zero-order valence-corrected chi connectivity index (χ0v) is 17.9. The Hall–Kier alpha value is -2.47. The summed E-state index contributed by atoms with van der Waals surface area (Å²) in [6.45, 7) is 4.73. The van der Waals surface area contributed by atoms with Crippen molar-refractivity contribution in [3.05, 3.63) is 52.3 Å². The quantitative estimate of drug-likeness (QED) is 0.552. The fourth-order valence-electron chi connectivity index (χ4n) is 4.21. The van der Waals surface area contributed by atoms with Gasteiger partial charge in [0, 0.05) is 36.7 Å². The van der Waals surface area contributed by atoms with E-state index in [1.165, 1.54) is 22.0 Å². The molecule has 0 unspecified atom stereocenters. The average Bonchev–Trinajstić information content (AvgIpc) is 3.40. The molecule has 3 heterocycles. The van der Waals surface area contributed by atoms with E-state index in [1.54, 1.807) is 18.4 Å². The van der Waals surface area contributed by atoms with Gasteiger partial charge in [-0.3, -0.25) is 0 Å². The summed E-state index contributed by atoms with van der Waals surface area (Å²) in [5, 5.41) is 5.63. The van der Waals surface area contributed by atoms with Crippen molar-refractivity contribution in [3.8, 4) is 5.75 Å². The maximum Gasteiger partial charge on any atom is 0.409 e. The number of nitrogens with zero attached hydrogens (tertiary/aromatic N) is 2. The standard InChI is InChI=1S/C23H28N2O3S/c1-3-28-23(26)24-11-7-18(8-12-24)21-15-25(10-6-17-9-13-29-16-17)22-5-4-19(27-2)14-20(21)22/h4-5,9,13-16,18H,3,6-8,10-12H2,1-2H3. The Morgan fingerprint density at radius 3 is 2.76 bits per heavy atom. The van der Waals surface area contributed by atoms with Crippen LogP contribution in [-0.4, -0.2) is 42.4 Å². The van der Waals surface area contributed by atoms with Gasteiger partial charge in [-0.1, -0.05) is 0 Å². The lowest BCUT2D eigenvalue weighted by Crippen LogP contribution is -2.38. The SMILES string of the molecule is CCOC(=O)N1CCC(c2cn(CCc3ccsc3)c3ccc(OC)cc23)CC1. The Kier molecular flexibility index (Phi) is 6.09. The molecule has 2 aromatic heterocycles. The first-order valence-electron chi connectivity index (χ1n) is 10.3. The Balaban J connectivity index is 1.57. The molecule has 0 aliphatic carbocycles. The molecular formula is C23H28N2O3S. The highest BCUT2D eigenvalue weighted by Gasteiger charge is 2.27. The molecule has 0 spiro atoms. The van der Waals surface area contributed by atoms with Gasteiger partial charge in [-0.15, -0.1) is 0 Å². The molecule has 0 N–H and O–H groups in total. The highest BCUT2D eigenvalue weighted by Crippen LogP contribution is 2.36. The van der Waals surface area contributed by atoms with Gasteiger partial charge in [0.05, 0.1) is 13.7 Å². The summed E-state index contributed by atoms with van der Waals surface area (Å²) in [5.74, 6) is 1.33. The smallest absolute Gasteiger partial charge is 0.409 e. The minimum atomic E-state index is -0.189. The van der Waals surface area contributed by atoms with Crippen LogP contribution in [0, 0.1) is 0 Å². The molecule has 1 aromatic carbocycles. The average molecular weight is 413 g/mol. The third kappa shape index (κ3) is 4.27. The van der Waals surface area contributed by atoms with Gasteiger partial charge >= 0.3 is 6.09 Å². The summed E-state index contributed by atoms with van der Waals surface area (Å²) >= 11 is 1.75. The minimum absolute atomic E-state index is 0.189. The molecule has 6 heteroatoms. The number of hydrogen-bond acceptors (Lipinski definition) is 4. The second-order valence-electron chi connectivity index (χ2n) is 7.50. The van der Waals surface area contributed by atoms with Crippen molar-refractivity contribution >= 4 is 28.3 Å². The number of amides is 1. The number of carbonyl (C=O) groups is 1. The number of likely N-dealkylation sites (tertiary alicyclic amines) is 1. The number of methoxy groups -OCH3 is 1. The van der Waals surface area contributed by atoms with Gasteiger partial charge in [0.25, 0.3) is 0 Å². The molecule has 29 heavy (non-hydrogen) atoms. The lowest BCUT2D eigenvalue weighted by atomic mass is 9.89. The van der Waals surface area contributed by atoms with Crippen LogP contribution in [-0.2, 0) is 17.7 Å². The molecule has 154 valence electrons. The maximum absolute atomic E-state index is 12.0. The summed E-state index contributed by atoms with van der Waals surface area (Å²) in [5.41, 5.74) is 4.01. The van der Waals surface area contributed by atoms with Gasteiger partial charge in [-0.25, -0.2) is 4.79 Å². The summed E-state index contributed by atoms with van der Waals surface area (Å²) in [7, 11) is 1.71. The summed E-state index contributed by atoms with van der Waals surface area (Å²) < 4.78 is 13.0. The van der Waals surface area contributed by atoms with E-state index in [-0.39, 0.29) is 6.09 Å². The minimum Gasteiger partial charge on any atom is -0.497 e. The number of aromatic nitrogens is 1. The first kappa shape index (κ1) is 19.8. The third-order valence-corrected chi connectivity index (χ3v) is 6.53. The zero-order chi connectivity index (χ0) is 20.2. The zero-order valence-electron chi connectivity index (χ0n) is 17.1. The molecule has 0 saturated carbocycles. The van der Waals surface area contributed by atoms with Crippen LogP contribution in [0.5, 0.6) is 5.75 Å². The largest absolute Gasteiger partial charge is 0.497 e. The van der Waals surface area contributed by atoms with Gasteiger partial charge in [-0.2, -0.15) is 11.3 Å². The van der Waals surface area contributed by atoms with Crippen molar-refractivity contribution in [3.63, 3.8) is 0 Å². The summed E-state index contributed by atoms with van der Waals surface area (Å²) in [6.07, 6.45) is 5.08. The van der Waals surface area contributed by atoms with Crippen LogP contribution in [0.25, 0.3) is 10.9 Å². The van der Waals surface area contributed by atoms with Gasteiger partial charge in [-0.05, 0) is 78.3 Å². The van der Waals surface area contributed by atoms with Crippen molar-refractivity contribution < 1.29 is 14.3 Å². The summed E-state index contributed by atoms with van der Waals surface area (Å²) in [6, 6.07) is 8.56. The summed E-state index contributed by atoms with van der Waals surface area (Å²) in [4.78, 5) is 13.9. The van der Waals surface area contributed by atoms with Crippen molar-refractivity contribution in [1.82, 2.24) is 9.47 Å². The van der Waals surface area contributed by atoms with Crippen molar-refractivity contribution in [1.29, 1.82) is 0 Å². The van der Waals surface area contributed by atoms with Gasteiger partial charge in [0.1, 0.15) is 5.75 Å². The normalized spacial score (nSPS) is 15.0. The van der Waals surface area contributed by atoms with Gasteiger partial charge < -0.3 is 18.9 Å². The van der Waals surface area contributed by atoms with Crippen LogP contribution < -0.4 is 4.74 Å². The molecule has 3 aromatic rings. The molecule has 0 atom stereocenters. The Morgan fingerprint density at radius 2 is 2.07 bits per heavy atom. The predicted octanol–water partition coefficient (Wildman–Crippen LogP) is 5.29. The number of thiophene rings is 1. The molecule has 4 rings (SSSR count). The number of benzene rings is 1. The van der Waals surface area contributed by atoms with Crippen molar-refractivity contribution in [2.24, 2.45) is 0 Å². The topological polar surface area (TPSA) is 43.7 Å². The molecule has 1 amide bonds. The highest BCUT2D eigenvalue weighted by molar-refractivity contribution is 7.07. The van der Waals surface area contributed by atoms with Crippen LogP contribution in [0.15, 0.2) is 41.2 Å². The Labute approximate surface area is 175 Å². The molecule has 1 aliphatic rings. The van der Waals surface area contributed by atoms with E-state index >= 15 is 0 Å². The number of fused-ring (bicyclic) bond motifs is 1. The lowest BCUT2D eigenvalue weighted by molar-refractivity contribution is 0.0971. The number of aryl methyl sites for hydroxylation is 2. The van der Waals surface area contributed by atoms with Crippen LogP contribution in [0.2, 0.25) is 0 Å². The number of hydrogen-bond donors (Lipinski definition) is 0. The Morgan fingerprint density at radius 1 is 1.24 bits per heavy atom. The molecular weight excluding hydrogens is 384 g/mol. The van der Waals surface area contributed by atoms with Crippen LogP contribution >= 0.6 is 11.3 Å². The van der Waals surface area contributed by atoms with E-state index in [2.05, 4.69) is 39.7 Å². The second kappa shape index (κ2) is 8.91. The number of carbonyl (C=O) groups excluding carboxylic acids is 1. The number of rotatable bonds is 6. The van der Waals surface area contributed by atoms with E-state index < -0.39 is 0 Å².